The van der Waals surface area contributed by atoms with E-state index in [9.17, 15) is 9.18 Å². The molecule has 4 N–H and O–H groups in total. The summed E-state index contributed by atoms with van der Waals surface area (Å²) in [6.45, 7) is 7.84. The van der Waals surface area contributed by atoms with Gasteiger partial charge in [-0.1, -0.05) is 36.4 Å². The van der Waals surface area contributed by atoms with Crippen molar-refractivity contribution in [1.29, 1.82) is 0 Å². The van der Waals surface area contributed by atoms with Gasteiger partial charge in [0.25, 0.3) is 5.91 Å². The fourth-order valence-corrected chi connectivity index (χ4v) is 6.04. The van der Waals surface area contributed by atoms with Crippen LogP contribution in [0.3, 0.4) is 0 Å². The van der Waals surface area contributed by atoms with Crippen LogP contribution < -0.4 is 21.1 Å². The number of carbonyl (C=O) groups excluding carboxylic acids is 1. The largest absolute Gasteiger partial charge is 0.438 e. The zero-order valence-electron chi connectivity index (χ0n) is 24.1. The number of carbonyl (C=O) groups is 1. The zero-order chi connectivity index (χ0) is 28.8. The van der Waals surface area contributed by atoms with Crippen LogP contribution in [0.25, 0.3) is 11.1 Å². The SMILES string of the molecule is CC1CN(CCCc2ccc(-c3cccc(Oc4ncc(F)cc4C(=O)NC4CCC(N)CC4)c3)cc2)CC(C)N1. The summed E-state index contributed by atoms with van der Waals surface area (Å²) in [5, 5.41) is 6.59. The number of benzene rings is 2. The van der Waals surface area contributed by atoms with Crippen molar-refractivity contribution in [3.05, 3.63) is 77.7 Å². The van der Waals surface area contributed by atoms with Crippen LogP contribution in [0, 0.1) is 5.82 Å². The van der Waals surface area contributed by atoms with E-state index in [0.29, 0.717) is 17.8 Å². The van der Waals surface area contributed by atoms with Crippen LogP contribution in [0.5, 0.6) is 11.6 Å². The maximum absolute atomic E-state index is 14.1. The molecule has 218 valence electrons. The predicted octanol–water partition coefficient (Wildman–Crippen LogP) is 5.29. The molecule has 3 aromatic rings. The van der Waals surface area contributed by atoms with Gasteiger partial charge in [-0.3, -0.25) is 4.79 Å². The molecule has 41 heavy (non-hydrogen) atoms. The third-order valence-electron chi connectivity index (χ3n) is 8.08. The maximum Gasteiger partial charge on any atom is 0.257 e. The van der Waals surface area contributed by atoms with Crippen molar-refractivity contribution < 1.29 is 13.9 Å². The number of aromatic nitrogens is 1. The first kappa shape index (κ1) is 29.2. The van der Waals surface area contributed by atoms with Crippen molar-refractivity contribution in [2.24, 2.45) is 5.73 Å². The molecule has 2 heterocycles. The van der Waals surface area contributed by atoms with Gasteiger partial charge in [0, 0.05) is 37.3 Å². The van der Waals surface area contributed by atoms with Gasteiger partial charge >= 0.3 is 0 Å². The van der Waals surface area contributed by atoms with Crippen molar-refractivity contribution in [2.45, 2.75) is 76.5 Å². The van der Waals surface area contributed by atoms with E-state index < -0.39 is 5.82 Å². The van der Waals surface area contributed by atoms with Crippen molar-refractivity contribution in [2.75, 3.05) is 19.6 Å². The summed E-state index contributed by atoms with van der Waals surface area (Å²) in [6, 6.07) is 18.8. The Morgan fingerprint density at radius 1 is 1.05 bits per heavy atom. The molecule has 1 saturated heterocycles. The Morgan fingerprint density at radius 2 is 1.78 bits per heavy atom. The molecular weight excluding hydrogens is 517 g/mol. The van der Waals surface area contributed by atoms with Crippen molar-refractivity contribution in [3.8, 4) is 22.8 Å². The van der Waals surface area contributed by atoms with Crippen LogP contribution in [0.15, 0.2) is 60.8 Å². The second-order valence-electron chi connectivity index (χ2n) is 11.8. The first-order chi connectivity index (χ1) is 19.8. The standard InChI is InChI=1S/C33H42FN5O2/c1-22-20-39(21-23(2)37-22)16-4-5-24-8-10-25(11-9-24)26-6-3-7-30(17-26)41-33-31(18-27(34)19-36-33)32(40)38-29-14-12-28(35)13-15-29/h3,6-11,17-19,22-23,28-29,37H,4-5,12-16,20-21,35H2,1-2H3,(H,38,40). The third-order valence-corrected chi connectivity index (χ3v) is 8.08. The lowest BCUT2D eigenvalue weighted by Crippen LogP contribution is -2.54. The molecule has 2 fully saturated rings. The summed E-state index contributed by atoms with van der Waals surface area (Å²) in [5.41, 5.74) is 9.46. The smallest absolute Gasteiger partial charge is 0.257 e. The second kappa shape index (κ2) is 13.6. The van der Waals surface area contributed by atoms with Crippen LogP contribution in [0.2, 0.25) is 0 Å². The average Bonchev–Trinajstić information content (AvgIpc) is 2.95. The Kier molecular flexibility index (Phi) is 9.64. The van der Waals surface area contributed by atoms with Crippen molar-refractivity contribution in [1.82, 2.24) is 20.5 Å². The molecule has 1 aromatic heterocycles. The molecule has 0 radical (unpaired) electrons. The quantitative estimate of drug-likeness (QED) is 0.330. The van der Waals surface area contributed by atoms with E-state index in [2.05, 4.69) is 58.6 Å². The van der Waals surface area contributed by atoms with E-state index >= 15 is 0 Å². The highest BCUT2D eigenvalue weighted by Gasteiger charge is 2.24. The molecular formula is C33H42FN5O2. The van der Waals surface area contributed by atoms with Gasteiger partial charge in [-0.25, -0.2) is 9.37 Å². The average molecular weight is 560 g/mol. The summed E-state index contributed by atoms with van der Waals surface area (Å²) in [5.74, 6) is -0.362. The topological polar surface area (TPSA) is 92.5 Å². The minimum atomic E-state index is -0.584. The van der Waals surface area contributed by atoms with E-state index in [1.165, 1.54) is 11.6 Å². The molecule has 1 amide bonds. The van der Waals surface area contributed by atoms with Crippen LogP contribution in [-0.2, 0) is 6.42 Å². The van der Waals surface area contributed by atoms with Gasteiger partial charge in [0.2, 0.25) is 5.88 Å². The Morgan fingerprint density at radius 3 is 2.51 bits per heavy atom. The number of pyridine rings is 1. The van der Waals surface area contributed by atoms with Crippen LogP contribution >= 0.6 is 0 Å². The zero-order valence-corrected chi connectivity index (χ0v) is 24.1. The molecule has 2 atom stereocenters. The van der Waals surface area contributed by atoms with Crippen molar-refractivity contribution >= 4 is 5.91 Å². The number of piperazine rings is 1. The van der Waals surface area contributed by atoms with Crippen LogP contribution in [0.4, 0.5) is 4.39 Å². The molecule has 5 rings (SSSR count). The highest BCUT2D eigenvalue weighted by atomic mass is 19.1. The minimum absolute atomic E-state index is 0.0131. The van der Waals surface area contributed by atoms with Crippen LogP contribution in [0.1, 0.15) is 61.9 Å². The fourth-order valence-electron chi connectivity index (χ4n) is 6.04. The fraction of sp³-hybridized carbons (Fsp3) is 0.455. The molecule has 2 unspecified atom stereocenters. The van der Waals surface area contributed by atoms with Gasteiger partial charge in [-0.15, -0.1) is 0 Å². The molecule has 1 aliphatic heterocycles. The molecule has 8 heteroatoms. The Balaban J connectivity index is 1.20. The predicted molar refractivity (Wildman–Crippen MR) is 161 cm³/mol. The van der Waals surface area contributed by atoms with E-state index in [-0.39, 0.29) is 29.4 Å². The van der Waals surface area contributed by atoms with E-state index in [1.54, 1.807) is 0 Å². The molecule has 7 nitrogen and oxygen atoms in total. The lowest BCUT2D eigenvalue weighted by atomic mass is 9.91. The monoisotopic (exact) mass is 559 g/mol. The lowest BCUT2D eigenvalue weighted by molar-refractivity contribution is 0.0922. The van der Waals surface area contributed by atoms with Gasteiger partial charge in [-0.05, 0) is 93.8 Å². The second-order valence-corrected chi connectivity index (χ2v) is 11.8. The van der Waals surface area contributed by atoms with Gasteiger partial charge in [-0.2, -0.15) is 0 Å². The summed E-state index contributed by atoms with van der Waals surface area (Å²) >= 11 is 0. The van der Waals surface area contributed by atoms with Crippen LogP contribution in [-0.4, -0.2) is 59.6 Å². The molecule has 2 aliphatic rings. The number of halogens is 1. The normalized spacial score (nSPS) is 23.2. The first-order valence-electron chi connectivity index (χ1n) is 14.9. The van der Waals surface area contributed by atoms with Gasteiger partial charge < -0.3 is 26.0 Å². The number of hydrogen-bond donors (Lipinski definition) is 3. The number of nitrogens with one attached hydrogen (secondary N) is 2. The summed E-state index contributed by atoms with van der Waals surface area (Å²) in [6.07, 6.45) is 6.58. The van der Waals surface area contributed by atoms with E-state index in [4.69, 9.17) is 10.5 Å². The highest BCUT2D eigenvalue weighted by molar-refractivity contribution is 5.96. The van der Waals surface area contributed by atoms with Gasteiger partial charge in [0.15, 0.2) is 0 Å². The highest BCUT2D eigenvalue weighted by Crippen LogP contribution is 2.29. The first-order valence-corrected chi connectivity index (χ1v) is 14.9. The third kappa shape index (κ3) is 8.12. The molecule has 0 bridgehead atoms. The van der Waals surface area contributed by atoms with Gasteiger partial charge in [0.1, 0.15) is 17.1 Å². The number of nitrogens with two attached hydrogens (primary N) is 1. The summed E-state index contributed by atoms with van der Waals surface area (Å²) < 4.78 is 20.1. The molecule has 2 aromatic carbocycles. The number of rotatable bonds is 9. The Bertz CT molecular complexity index is 1300. The molecule has 1 saturated carbocycles. The number of aryl methyl sites for hydroxylation is 1. The molecule has 0 spiro atoms. The Labute approximate surface area is 242 Å². The lowest BCUT2D eigenvalue weighted by Gasteiger charge is -2.36. The summed E-state index contributed by atoms with van der Waals surface area (Å²) in [4.78, 5) is 19.7. The molecule has 1 aliphatic carbocycles. The maximum atomic E-state index is 14.1. The Hall–Kier alpha value is -3.33. The number of nitrogens with zero attached hydrogens (tertiary/aromatic N) is 2. The number of amides is 1. The van der Waals surface area contributed by atoms with Gasteiger partial charge in [0.05, 0.1) is 6.20 Å². The van der Waals surface area contributed by atoms with E-state index in [1.807, 2.05) is 24.3 Å². The minimum Gasteiger partial charge on any atom is -0.438 e. The number of hydrogen-bond acceptors (Lipinski definition) is 6. The van der Waals surface area contributed by atoms with E-state index in [0.717, 1.165) is 75.5 Å². The summed E-state index contributed by atoms with van der Waals surface area (Å²) in [7, 11) is 0. The number of ether oxygens (including phenoxy) is 1. The van der Waals surface area contributed by atoms with Crippen molar-refractivity contribution in [3.63, 3.8) is 0 Å².